The van der Waals surface area contributed by atoms with E-state index in [2.05, 4.69) is 54.3 Å². The molecule has 2 aliphatic carbocycles. The van der Waals surface area contributed by atoms with Crippen LogP contribution in [-0.4, -0.2) is 33.3 Å². The Kier molecular flexibility index (Phi) is 7.00. The minimum Gasteiger partial charge on any atom is -0.469 e. The van der Waals surface area contributed by atoms with Crippen LogP contribution in [0.3, 0.4) is 0 Å². The molecule has 170 valence electrons. The molecule has 0 aromatic carbocycles. The highest BCUT2D eigenvalue weighted by atomic mass is 28.4. The predicted molar refractivity (Wildman–Crippen MR) is 125 cm³/mol. The zero-order valence-corrected chi connectivity index (χ0v) is 21.6. The number of hydrogen-bond donors (Lipinski definition) is 0. The molecule has 4 nitrogen and oxygen atoms in total. The van der Waals surface area contributed by atoms with Crippen molar-refractivity contribution < 1.29 is 18.8 Å². The first-order valence-corrected chi connectivity index (χ1v) is 14.1. The number of fused-ring (bicyclic) bond motifs is 1. The SMILES string of the molecule is C=C1[C@H](O[Si](C)(C)C(C)(C)C)CC2[C@](C)(CCC[C@]2(C)C(=O)OC)[C@H]1/C=C\C(C)=O. The van der Waals surface area contributed by atoms with Crippen LogP contribution in [0.15, 0.2) is 24.3 Å². The van der Waals surface area contributed by atoms with Crippen LogP contribution in [0.25, 0.3) is 0 Å². The van der Waals surface area contributed by atoms with Crippen LogP contribution in [0.2, 0.25) is 18.1 Å². The third-order valence-electron chi connectivity index (χ3n) is 8.37. The highest BCUT2D eigenvalue weighted by Crippen LogP contribution is 2.62. The minimum atomic E-state index is -2.04. The van der Waals surface area contributed by atoms with Crippen LogP contribution in [-0.2, 0) is 18.8 Å². The van der Waals surface area contributed by atoms with Gasteiger partial charge in [-0.05, 0) is 74.2 Å². The van der Waals surface area contributed by atoms with Crippen LogP contribution < -0.4 is 0 Å². The molecule has 2 saturated carbocycles. The number of ether oxygens (including phenoxy) is 1. The molecule has 2 aliphatic rings. The van der Waals surface area contributed by atoms with E-state index < -0.39 is 13.7 Å². The van der Waals surface area contributed by atoms with Crippen molar-refractivity contribution in [2.75, 3.05) is 7.11 Å². The van der Waals surface area contributed by atoms with Crippen LogP contribution in [0, 0.1) is 22.7 Å². The summed E-state index contributed by atoms with van der Waals surface area (Å²) in [5.74, 6) is 0.000476. The Morgan fingerprint density at radius 3 is 2.30 bits per heavy atom. The maximum atomic E-state index is 12.9. The van der Waals surface area contributed by atoms with Crippen LogP contribution >= 0.6 is 0 Å². The van der Waals surface area contributed by atoms with E-state index in [9.17, 15) is 9.59 Å². The van der Waals surface area contributed by atoms with Crippen molar-refractivity contribution in [3.63, 3.8) is 0 Å². The van der Waals surface area contributed by atoms with Crippen molar-refractivity contribution in [3.8, 4) is 0 Å². The Hall–Kier alpha value is -1.20. The van der Waals surface area contributed by atoms with Gasteiger partial charge in [-0.15, -0.1) is 0 Å². The first kappa shape index (κ1) is 25.1. The lowest BCUT2D eigenvalue weighted by atomic mass is 9.46. The summed E-state index contributed by atoms with van der Waals surface area (Å²) in [5.41, 5.74) is 0.335. The number of carbonyl (C=O) groups is 2. The summed E-state index contributed by atoms with van der Waals surface area (Å²) in [5, 5.41) is 0.0803. The van der Waals surface area contributed by atoms with E-state index in [-0.39, 0.29) is 40.1 Å². The summed E-state index contributed by atoms with van der Waals surface area (Å²) < 4.78 is 12.1. The number of esters is 1. The smallest absolute Gasteiger partial charge is 0.311 e. The lowest BCUT2D eigenvalue weighted by Gasteiger charge is -2.59. The molecule has 2 rings (SSSR count). The van der Waals surface area contributed by atoms with Gasteiger partial charge >= 0.3 is 5.97 Å². The summed E-state index contributed by atoms with van der Waals surface area (Å²) in [6.45, 7) is 21.6. The normalized spacial score (nSPS) is 35.2. The quantitative estimate of drug-likeness (QED) is 0.228. The number of allylic oxidation sites excluding steroid dienone is 2. The lowest BCUT2D eigenvalue weighted by Crippen LogP contribution is -2.57. The van der Waals surface area contributed by atoms with E-state index in [0.717, 1.165) is 31.3 Å². The van der Waals surface area contributed by atoms with Crippen molar-refractivity contribution in [1.82, 2.24) is 0 Å². The molecule has 0 radical (unpaired) electrons. The lowest BCUT2D eigenvalue weighted by molar-refractivity contribution is -0.169. The summed E-state index contributed by atoms with van der Waals surface area (Å²) in [7, 11) is -0.555. The van der Waals surface area contributed by atoms with Crippen molar-refractivity contribution in [3.05, 3.63) is 24.3 Å². The van der Waals surface area contributed by atoms with E-state index in [0.29, 0.717) is 0 Å². The van der Waals surface area contributed by atoms with Gasteiger partial charge in [-0.2, -0.15) is 0 Å². The number of ketones is 1. The van der Waals surface area contributed by atoms with Gasteiger partial charge in [0.25, 0.3) is 0 Å². The second kappa shape index (κ2) is 8.38. The molecule has 0 bridgehead atoms. The molecule has 5 heteroatoms. The second-order valence-electron chi connectivity index (χ2n) is 11.4. The molecule has 2 fully saturated rings. The van der Waals surface area contributed by atoms with Crippen molar-refractivity contribution in [2.45, 2.75) is 91.5 Å². The first-order valence-electron chi connectivity index (χ1n) is 11.2. The molecule has 0 saturated heterocycles. The van der Waals surface area contributed by atoms with Crippen molar-refractivity contribution in [2.24, 2.45) is 22.7 Å². The summed E-state index contributed by atoms with van der Waals surface area (Å²) in [4.78, 5) is 24.7. The topological polar surface area (TPSA) is 52.6 Å². The highest BCUT2D eigenvalue weighted by molar-refractivity contribution is 6.74. The fraction of sp³-hybridized carbons (Fsp3) is 0.760. The van der Waals surface area contributed by atoms with Crippen LogP contribution in [0.4, 0.5) is 0 Å². The molecular weight excluding hydrogens is 392 g/mol. The summed E-state index contributed by atoms with van der Waals surface area (Å²) >= 11 is 0. The number of hydrogen-bond acceptors (Lipinski definition) is 4. The zero-order chi connectivity index (χ0) is 23.1. The first-order chi connectivity index (χ1) is 13.6. The largest absolute Gasteiger partial charge is 0.469 e. The highest BCUT2D eigenvalue weighted by Gasteiger charge is 2.60. The molecule has 0 aromatic heterocycles. The van der Waals surface area contributed by atoms with Gasteiger partial charge in [0.2, 0.25) is 0 Å². The van der Waals surface area contributed by atoms with Gasteiger partial charge in [-0.1, -0.05) is 46.8 Å². The fourth-order valence-corrected chi connectivity index (χ4v) is 6.82. The fourth-order valence-electron chi connectivity index (χ4n) is 5.51. The van der Waals surface area contributed by atoms with Gasteiger partial charge in [-0.25, -0.2) is 0 Å². The predicted octanol–water partition coefficient (Wildman–Crippen LogP) is 6.08. The molecular formula is C25H42O4Si. The third kappa shape index (κ3) is 4.38. The monoisotopic (exact) mass is 434 g/mol. The standard InChI is InChI=1S/C25H42O4Si/c1-17(26)12-13-19-18(2)20(29-30(9,10)23(3,4)5)16-21-24(19,6)14-11-15-25(21,7)22(27)28-8/h12-13,19-21H,2,11,14-16H2,1,3-10H3/b13-12-/t19-,20+,21?,24+,25-/m0/s1. The van der Waals surface area contributed by atoms with Crippen LogP contribution in [0.1, 0.15) is 67.2 Å². The van der Waals surface area contributed by atoms with Gasteiger partial charge in [0.15, 0.2) is 14.1 Å². The van der Waals surface area contributed by atoms with Crippen molar-refractivity contribution in [1.29, 1.82) is 0 Å². The van der Waals surface area contributed by atoms with Gasteiger partial charge in [0.05, 0.1) is 18.6 Å². The number of methoxy groups -OCH3 is 1. The van der Waals surface area contributed by atoms with Gasteiger partial charge in [0.1, 0.15) is 0 Å². The summed E-state index contributed by atoms with van der Waals surface area (Å²) in [6.07, 6.45) is 7.12. The van der Waals surface area contributed by atoms with E-state index in [1.807, 2.05) is 6.08 Å². The molecule has 1 unspecified atom stereocenters. The Morgan fingerprint density at radius 2 is 1.80 bits per heavy atom. The Bertz CT molecular complexity index is 732. The zero-order valence-electron chi connectivity index (χ0n) is 20.6. The minimum absolute atomic E-state index is 0.000741. The number of carbonyl (C=O) groups excluding carboxylic acids is 2. The molecule has 0 N–H and O–H groups in total. The van der Waals surface area contributed by atoms with Crippen LogP contribution in [0.5, 0.6) is 0 Å². The van der Waals surface area contributed by atoms with Gasteiger partial charge < -0.3 is 9.16 Å². The van der Waals surface area contributed by atoms with E-state index in [1.54, 1.807) is 13.0 Å². The molecule has 0 aromatic rings. The molecule has 5 atom stereocenters. The molecule has 0 amide bonds. The van der Waals surface area contributed by atoms with Gasteiger partial charge in [0, 0.05) is 5.92 Å². The maximum Gasteiger partial charge on any atom is 0.311 e. The molecule has 30 heavy (non-hydrogen) atoms. The average Bonchev–Trinajstić information content (AvgIpc) is 2.61. The van der Waals surface area contributed by atoms with E-state index in [1.165, 1.54) is 7.11 Å². The maximum absolute atomic E-state index is 12.9. The average molecular weight is 435 g/mol. The van der Waals surface area contributed by atoms with Gasteiger partial charge in [-0.3, -0.25) is 9.59 Å². The number of rotatable bonds is 5. The molecule has 0 aliphatic heterocycles. The van der Waals surface area contributed by atoms with Crippen molar-refractivity contribution >= 4 is 20.1 Å². The van der Waals surface area contributed by atoms with E-state index in [4.69, 9.17) is 9.16 Å². The third-order valence-corrected chi connectivity index (χ3v) is 12.9. The Morgan fingerprint density at radius 1 is 1.20 bits per heavy atom. The summed E-state index contributed by atoms with van der Waals surface area (Å²) in [6, 6.07) is 0. The second-order valence-corrected chi connectivity index (χ2v) is 16.2. The Balaban J connectivity index is 2.55. The van der Waals surface area contributed by atoms with E-state index >= 15 is 0 Å². The Labute approximate surface area is 184 Å². The molecule has 0 heterocycles. The molecule has 0 spiro atoms.